The van der Waals surface area contributed by atoms with Crippen LogP contribution < -0.4 is 21.1 Å². The number of anilines is 1. The molecule has 0 aliphatic carbocycles. The molecule has 0 unspecified atom stereocenters. The molecule has 1 aliphatic heterocycles. The monoisotopic (exact) mass is 468 g/mol. The Morgan fingerprint density at radius 3 is 2.64 bits per heavy atom. The van der Waals surface area contributed by atoms with E-state index >= 15 is 0 Å². The fourth-order valence-electron chi connectivity index (χ4n) is 3.82. The largest absolute Gasteiger partial charge is 0.356 e. The standard InChI is InChI=1S/C23H28N6O3S/c1-2-10-24-21(31)17-8-11-28(12-9-17)23-27-20-19(33-23)22(32)29(15-26-20)14-18(30)25-13-16-6-4-3-5-7-16/h3-7,15,17H,2,8-14H2,1H3,(H,24,31)(H,25,30). The van der Waals surface area contributed by atoms with Crippen LogP contribution >= 0.6 is 11.3 Å². The molecule has 1 fully saturated rings. The summed E-state index contributed by atoms with van der Waals surface area (Å²) < 4.78 is 1.75. The van der Waals surface area contributed by atoms with Gasteiger partial charge in [0.15, 0.2) is 10.8 Å². The van der Waals surface area contributed by atoms with Gasteiger partial charge in [-0.1, -0.05) is 48.6 Å². The fraction of sp³-hybridized carbons (Fsp3) is 0.435. The molecule has 0 radical (unpaired) electrons. The third kappa shape index (κ3) is 5.57. The molecule has 2 amide bonds. The van der Waals surface area contributed by atoms with Crippen LogP contribution in [0.15, 0.2) is 41.5 Å². The van der Waals surface area contributed by atoms with E-state index in [-0.39, 0.29) is 29.8 Å². The minimum atomic E-state index is -0.271. The van der Waals surface area contributed by atoms with Gasteiger partial charge in [0.2, 0.25) is 11.8 Å². The van der Waals surface area contributed by atoms with E-state index in [1.54, 1.807) is 0 Å². The van der Waals surface area contributed by atoms with Crippen LogP contribution in [-0.2, 0) is 22.7 Å². The van der Waals surface area contributed by atoms with Crippen molar-refractivity contribution >= 4 is 38.6 Å². The number of nitrogens with zero attached hydrogens (tertiary/aromatic N) is 4. The van der Waals surface area contributed by atoms with Crippen molar-refractivity contribution in [2.75, 3.05) is 24.5 Å². The maximum absolute atomic E-state index is 12.9. The number of benzene rings is 1. The number of hydrogen-bond acceptors (Lipinski definition) is 7. The minimum absolute atomic E-state index is 0.0203. The summed E-state index contributed by atoms with van der Waals surface area (Å²) in [5, 5.41) is 6.52. The SMILES string of the molecule is CCCNC(=O)C1CCN(c2nc3ncn(CC(=O)NCc4ccccc4)c(=O)c3s2)CC1. The molecule has 2 N–H and O–H groups in total. The highest BCUT2D eigenvalue weighted by Crippen LogP contribution is 2.29. The lowest BCUT2D eigenvalue weighted by Gasteiger charge is -2.30. The molecule has 0 bridgehead atoms. The first-order chi connectivity index (χ1) is 16.0. The number of nitrogens with one attached hydrogen (secondary N) is 2. The van der Waals surface area contributed by atoms with Gasteiger partial charge in [-0.15, -0.1) is 0 Å². The quantitative estimate of drug-likeness (QED) is 0.523. The van der Waals surface area contributed by atoms with Crippen LogP contribution in [0, 0.1) is 5.92 Å². The van der Waals surface area contributed by atoms with Crippen LogP contribution in [0.5, 0.6) is 0 Å². The number of carbonyl (C=O) groups is 2. The Labute approximate surface area is 195 Å². The molecule has 10 heteroatoms. The van der Waals surface area contributed by atoms with E-state index in [2.05, 4.69) is 25.5 Å². The van der Waals surface area contributed by atoms with Gasteiger partial charge < -0.3 is 15.5 Å². The average Bonchev–Trinajstić information content (AvgIpc) is 3.29. The zero-order valence-corrected chi connectivity index (χ0v) is 19.4. The second-order valence-corrected chi connectivity index (χ2v) is 9.12. The third-order valence-electron chi connectivity index (χ3n) is 5.70. The zero-order valence-electron chi connectivity index (χ0n) is 18.6. The number of amides is 2. The van der Waals surface area contributed by atoms with Crippen molar-refractivity contribution in [2.24, 2.45) is 5.92 Å². The molecule has 3 aromatic rings. The summed E-state index contributed by atoms with van der Waals surface area (Å²) in [6.07, 6.45) is 3.81. The predicted molar refractivity (Wildman–Crippen MR) is 128 cm³/mol. The Kier molecular flexibility index (Phi) is 7.33. The van der Waals surface area contributed by atoms with E-state index in [1.807, 2.05) is 37.3 Å². The van der Waals surface area contributed by atoms with Crippen LogP contribution in [0.25, 0.3) is 10.3 Å². The molecule has 174 valence electrons. The van der Waals surface area contributed by atoms with Crippen molar-refractivity contribution in [1.82, 2.24) is 25.2 Å². The van der Waals surface area contributed by atoms with Crippen LogP contribution in [0.4, 0.5) is 5.13 Å². The second-order valence-electron chi connectivity index (χ2n) is 8.14. The van der Waals surface area contributed by atoms with E-state index in [0.29, 0.717) is 36.5 Å². The highest BCUT2D eigenvalue weighted by Gasteiger charge is 2.26. The summed E-state index contributed by atoms with van der Waals surface area (Å²) in [5.41, 5.74) is 1.11. The Bertz CT molecular complexity index is 1170. The van der Waals surface area contributed by atoms with Crippen molar-refractivity contribution in [3.8, 4) is 0 Å². The third-order valence-corrected chi connectivity index (χ3v) is 6.80. The first-order valence-corrected chi connectivity index (χ1v) is 12.1. The molecule has 4 rings (SSSR count). The molecule has 0 atom stereocenters. The van der Waals surface area contributed by atoms with E-state index in [0.717, 1.165) is 30.0 Å². The maximum Gasteiger partial charge on any atom is 0.273 e. The van der Waals surface area contributed by atoms with E-state index in [4.69, 9.17) is 0 Å². The molecule has 9 nitrogen and oxygen atoms in total. The van der Waals surface area contributed by atoms with Crippen LogP contribution in [0.1, 0.15) is 31.7 Å². The Hall–Kier alpha value is -3.27. The number of thiazole rings is 1. The number of hydrogen-bond donors (Lipinski definition) is 2. The van der Waals surface area contributed by atoms with Gasteiger partial charge in [-0.3, -0.25) is 19.0 Å². The molecule has 3 heterocycles. The smallest absolute Gasteiger partial charge is 0.273 e. The summed E-state index contributed by atoms with van der Waals surface area (Å²) in [6, 6.07) is 9.60. The molecular weight excluding hydrogens is 440 g/mol. The summed E-state index contributed by atoms with van der Waals surface area (Å²) in [5.74, 6) is -0.113. The van der Waals surface area contributed by atoms with Gasteiger partial charge in [0.05, 0.1) is 0 Å². The molecule has 0 saturated carbocycles. The van der Waals surface area contributed by atoms with Gasteiger partial charge in [-0.25, -0.2) is 4.98 Å². The summed E-state index contributed by atoms with van der Waals surface area (Å²) in [4.78, 5) is 48.4. The zero-order chi connectivity index (χ0) is 23.2. The fourth-order valence-corrected chi connectivity index (χ4v) is 4.84. The summed E-state index contributed by atoms with van der Waals surface area (Å²) in [6.45, 7) is 4.47. The van der Waals surface area contributed by atoms with Gasteiger partial charge in [-0.05, 0) is 24.8 Å². The lowest BCUT2D eigenvalue weighted by molar-refractivity contribution is -0.125. The van der Waals surface area contributed by atoms with E-state index in [1.165, 1.54) is 22.2 Å². The Balaban J connectivity index is 1.38. The molecule has 0 spiro atoms. The van der Waals surface area contributed by atoms with Gasteiger partial charge in [0, 0.05) is 32.1 Å². The molecule has 33 heavy (non-hydrogen) atoms. The van der Waals surface area contributed by atoms with Gasteiger partial charge in [-0.2, -0.15) is 4.98 Å². The Morgan fingerprint density at radius 2 is 1.91 bits per heavy atom. The Morgan fingerprint density at radius 1 is 1.15 bits per heavy atom. The van der Waals surface area contributed by atoms with Crippen LogP contribution in [-0.4, -0.2) is 46.0 Å². The van der Waals surface area contributed by atoms with Crippen molar-refractivity contribution in [2.45, 2.75) is 39.3 Å². The second kappa shape index (κ2) is 10.6. The highest BCUT2D eigenvalue weighted by atomic mass is 32.1. The predicted octanol–water partition coefficient (Wildman–Crippen LogP) is 1.91. The summed E-state index contributed by atoms with van der Waals surface area (Å²) in [7, 11) is 0. The van der Waals surface area contributed by atoms with Crippen LogP contribution in [0.3, 0.4) is 0 Å². The molecule has 2 aromatic heterocycles. The van der Waals surface area contributed by atoms with Crippen molar-refractivity contribution < 1.29 is 9.59 Å². The topological polar surface area (TPSA) is 109 Å². The number of carbonyl (C=O) groups excluding carboxylic acids is 2. The molecule has 1 aromatic carbocycles. The van der Waals surface area contributed by atoms with Gasteiger partial charge in [0.25, 0.3) is 5.56 Å². The van der Waals surface area contributed by atoms with E-state index < -0.39 is 0 Å². The van der Waals surface area contributed by atoms with Crippen molar-refractivity contribution in [1.29, 1.82) is 0 Å². The maximum atomic E-state index is 12.9. The lowest BCUT2D eigenvalue weighted by atomic mass is 9.96. The number of rotatable bonds is 8. The first kappa shape index (κ1) is 22.9. The molecular formula is C23H28N6O3S. The number of piperidine rings is 1. The highest BCUT2D eigenvalue weighted by molar-refractivity contribution is 7.22. The molecule has 1 aliphatic rings. The molecule has 1 saturated heterocycles. The summed E-state index contributed by atoms with van der Waals surface area (Å²) >= 11 is 1.29. The van der Waals surface area contributed by atoms with Crippen LogP contribution in [0.2, 0.25) is 0 Å². The van der Waals surface area contributed by atoms with E-state index in [9.17, 15) is 14.4 Å². The van der Waals surface area contributed by atoms with Gasteiger partial charge in [0.1, 0.15) is 17.6 Å². The number of fused-ring (bicyclic) bond motifs is 1. The lowest BCUT2D eigenvalue weighted by Crippen LogP contribution is -2.40. The van der Waals surface area contributed by atoms with Gasteiger partial charge >= 0.3 is 0 Å². The van der Waals surface area contributed by atoms with Crippen molar-refractivity contribution in [3.05, 3.63) is 52.6 Å². The normalized spacial score (nSPS) is 14.4. The van der Waals surface area contributed by atoms with Crippen molar-refractivity contribution in [3.63, 3.8) is 0 Å². The average molecular weight is 469 g/mol. The first-order valence-electron chi connectivity index (χ1n) is 11.2. The number of aromatic nitrogens is 3. The minimum Gasteiger partial charge on any atom is -0.356 e.